The fourth-order valence-corrected chi connectivity index (χ4v) is 3.48. The van der Waals surface area contributed by atoms with Crippen molar-refractivity contribution in [2.75, 3.05) is 5.32 Å². The Balaban J connectivity index is 1.43. The molecule has 154 valence electrons. The number of halogens is 1. The number of nitrogens with one attached hydrogen (secondary N) is 2. The van der Waals surface area contributed by atoms with Gasteiger partial charge in [0.1, 0.15) is 12.7 Å². The van der Waals surface area contributed by atoms with E-state index in [0.717, 1.165) is 11.3 Å². The molecule has 31 heavy (non-hydrogen) atoms. The lowest BCUT2D eigenvalue weighted by molar-refractivity contribution is 0.0952. The fraction of sp³-hybridized carbons (Fsp3) is 0.0435. The molecule has 0 fully saturated rings. The van der Waals surface area contributed by atoms with E-state index in [4.69, 9.17) is 0 Å². The Kier molecular flexibility index (Phi) is 6.18. The van der Waals surface area contributed by atoms with Gasteiger partial charge in [0.2, 0.25) is 0 Å². The van der Waals surface area contributed by atoms with Gasteiger partial charge in [-0.15, -0.1) is 0 Å². The van der Waals surface area contributed by atoms with Crippen molar-refractivity contribution < 1.29 is 9.59 Å². The van der Waals surface area contributed by atoms with Crippen LogP contribution in [0.4, 0.5) is 5.69 Å². The second-order valence-electron chi connectivity index (χ2n) is 6.67. The first-order chi connectivity index (χ1) is 15.1. The molecule has 4 aromatic rings. The maximum Gasteiger partial charge on any atom is 0.256 e. The molecule has 1 aromatic heterocycles. The highest BCUT2D eigenvalue weighted by molar-refractivity contribution is 9.10. The summed E-state index contributed by atoms with van der Waals surface area (Å²) in [7, 11) is 0. The first kappa shape index (κ1) is 20.5. The van der Waals surface area contributed by atoms with Crippen molar-refractivity contribution in [3.63, 3.8) is 0 Å². The van der Waals surface area contributed by atoms with Crippen molar-refractivity contribution in [3.8, 4) is 5.69 Å². The van der Waals surface area contributed by atoms with Gasteiger partial charge in [-0.05, 0) is 57.9 Å². The summed E-state index contributed by atoms with van der Waals surface area (Å²) in [5.74, 6) is -0.570. The van der Waals surface area contributed by atoms with Crippen molar-refractivity contribution >= 4 is 33.4 Å². The predicted molar refractivity (Wildman–Crippen MR) is 121 cm³/mol. The highest BCUT2D eigenvalue weighted by Crippen LogP contribution is 2.20. The van der Waals surface area contributed by atoms with E-state index < -0.39 is 0 Å². The van der Waals surface area contributed by atoms with Crippen LogP contribution in [0.5, 0.6) is 0 Å². The highest BCUT2D eigenvalue weighted by atomic mass is 79.9. The molecular formula is C23H18BrN5O2. The summed E-state index contributed by atoms with van der Waals surface area (Å²) in [5.41, 5.74) is 3.15. The molecular weight excluding hydrogens is 458 g/mol. The maximum atomic E-state index is 12.8. The summed E-state index contributed by atoms with van der Waals surface area (Å²) in [6, 6.07) is 21.7. The zero-order valence-electron chi connectivity index (χ0n) is 16.3. The van der Waals surface area contributed by atoms with Crippen LogP contribution in [0.3, 0.4) is 0 Å². The van der Waals surface area contributed by atoms with Crippen LogP contribution in [0, 0.1) is 0 Å². The average Bonchev–Trinajstić information content (AvgIpc) is 3.33. The number of amides is 2. The molecule has 4 rings (SSSR count). The molecule has 0 atom stereocenters. The number of nitrogens with zero attached hydrogens (tertiary/aromatic N) is 3. The minimum atomic E-state index is -0.295. The monoisotopic (exact) mass is 475 g/mol. The zero-order valence-corrected chi connectivity index (χ0v) is 17.9. The summed E-state index contributed by atoms with van der Waals surface area (Å²) in [6.07, 6.45) is 3.09. The van der Waals surface area contributed by atoms with Crippen molar-refractivity contribution in [1.29, 1.82) is 0 Å². The van der Waals surface area contributed by atoms with E-state index >= 15 is 0 Å². The minimum Gasteiger partial charge on any atom is -0.348 e. The van der Waals surface area contributed by atoms with E-state index in [9.17, 15) is 9.59 Å². The Bertz CT molecular complexity index is 1210. The first-order valence-corrected chi connectivity index (χ1v) is 10.3. The predicted octanol–water partition coefficient (Wildman–Crippen LogP) is 4.21. The second kappa shape index (κ2) is 9.36. The number of hydrogen-bond acceptors (Lipinski definition) is 4. The van der Waals surface area contributed by atoms with Gasteiger partial charge in [0.15, 0.2) is 0 Å². The van der Waals surface area contributed by atoms with Crippen LogP contribution < -0.4 is 10.6 Å². The Hall–Kier alpha value is -3.78. The number of benzene rings is 3. The van der Waals surface area contributed by atoms with Gasteiger partial charge in [-0.2, -0.15) is 5.10 Å². The van der Waals surface area contributed by atoms with Gasteiger partial charge in [0.05, 0.1) is 22.5 Å². The van der Waals surface area contributed by atoms with Crippen LogP contribution in [-0.4, -0.2) is 26.6 Å². The van der Waals surface area contributed by atoms with Crippen molar-refractivity contribution in [2.45, 2.75) is 6.54 Å². The van der Waals surface area contributed by atoms with Gasteiger partial charge in [0, 0.05) is 11.0 Å². The lowest BCUT2D eigenvalue weighted by Gasteiger charge is -2.12. The topological polar surface area (TPSA) is 88.9 Å². The third-order valence-corrected chi connectivity index (χ3v) is 5.30. The number of carbonyl (C=O) groups is 2. The van der Waals surface area contributed by atoms with Gasteiger partial charge in [-0.1, -0.05) is 36.4 Å². The van der Waals surface area contributed by atoms with E-state index in [0.29, 0.717) is 27.8 Å². The quantitative estimate of drug-likeness (QED) is 0.437. The van der Waals surface area contributed by atoms with E-state index in [2.05, 4.69) is 36.6 Å². The van der Waals surface area contributed by atoms with E-state index in [1.54, 1.807) is 53.5 Å². The van der Waals surface area contributed by atoms with Crippen LogP contribution in [0.25, 0.3) is 5.69 Å². The third-order valence-electron chi connectivity index (χ3n) is 4.61. The molecule has 2 amide bonds. The SMILES string of the molecule is O=C(Nc1ccccc1C(=O)NCc1ccc(-n2cncn2)cc1)c1ccccc1Br. The molecule has 3 aromatic carbocycles. The molecule has 0 unspecified atom stereocenters. The molecule has 1 heterocycles. The van der Waals surface area contributed by atoms with Gasteiger partial charge in [-0.25, -0.2) is 9.67 Å². The molecule has 7 nitrogen and oxygen atoms in total. The number of rotatable bonds is 6. The molecule has 0 aliphatic carbocycles. The van der Waals surface area contributed by atoms with Gasteiger partial charge in [0.25, 0.3) is 11.8 Å². The summed E-state index contributed by atoms with van der Waals surface area (Å²) in [4.78, 5) is 29.3. The largest absolute Gasteiger partial charge is 0.348 e. The molecule has 0 saturated carbocycles. The summed E-state index contributed by atoms with van der Waals surface area (Å²) in [5, 5.41) is 9.81. The molecule has 0 spiro atoms. The van der Waals surface area contributed by atoms with Crippen molar-refractivity contribution in [2.24, 2.45) is 0 Å². The molecule has 0 aliphatic heterocycles. The summed E-state index contributed by atoms with van der Waals surface area (Å²) >= 11 is 3.38. The van der Waals surface area contributed by atoms with E-state index in [1.165, 1.54) is 6.33 Å². The number of para-hydroxylation sites is 1. The number of hydrogen-bond donors (Lipinski definition) is 2. The van der Waals surface area contributed by atoms with Gasteiger partial charge < -0.3 is 10.6 Å². The molecule has 8 heteroatoms. The minimum absolute atomic E-state index is 0.275. The Labute approximate surface area is 187 Å². The van der Waals surface area contributed by atoms with Crippen LogP contribution in [0.1, 0.15) is 26.3 Å². The second-order valence-corrected chi connectivity index (χ2v) is 7.52. The normalized spacial score (nSPS) is 10.5. The highest BCUT2D eigenvalue weighted by Gasteiger charge is 2.15. The van der Waals surface area contributed by atoms with Crippen molar-refractivity contribution in [1.82, 2.24) is 20.1 Å². The van der Waals surface area contributed by atoms with Gasteiger partial charge in [-0.3, -0.25) is 9.59 Å². The maximum absolute atomic E-state index is 12.8. The standard InChI is InChI=1S/C23H18BrN5O2/c24-20-7-3-1-5-18(20)23(31)28-21-8-4-2-6-19(21)22(30)26-13-16-9-11-17(12-10-16)29-15-25-14-27-29/h1-12,14-15H,13H2,(H,26,30)(H,28,31). The summed E-state index contributed by atoms with van der Waals surface area (Å²) < 4.78 is 2.34. The van der Waals surface area contributed by atoms with Gasteiger partial charge >= 0.3 is 0 Å². The lowest BCUT2D eigenvalue weighted by atomic mass is 10.1. The molecule has 0 saturated heterocycles. The van der Waals surface area contributed by atoms with Crippen LogP contribution >= 0.6 is 15.9 Å². The smallest absolute Gasteiger partial charge is 0.256 e. The Morgan fingerprint density at radius 2 is 1.58 bits per heavy atom. The van der Waals surface area contributed by atoms with Crippen molar-refractivity contribution in [3.05, 3.63) is 107 Å². The van der Waals surface area contributed by atoms with Crippen LogP contribution in [0.2, 0.25) is 0 Å². The summed E-state index contributed by atoms with van der Waals surface area (Å²) in [6.45, 7) is 0.350. The molecule has 2 N–H and O–H groups in total. The molecule has 0 aliphatic rings. The molecule has 0 radical (unpaired) electrons. The average molecular weight is 476 g/mol. The number of anilines is 1. The molecule has 0 bridgehead atoms. The van der Waals surface area contributed by atoms with Crippen LogP contribution in [0.15, 0.2) is 89.9 Å². The number of aromatic nitrogens is 3. The Morgan fingerprint density at radius 1 is 0.871 bits per heavy atom. The van der Waals surface area contributed by atoms with Crippen LogP contribution in [-0.2, 0) is 6.54 Å². The van der Waals surface area contributed by atoms with E-state index in [-0.39, 0.29) is 11.8 Å². The first-order valence-electron chi connectivity index (χ1n) is 9.49. The van der Waals surface area contributed by atoms with E-state index in [1.807, 2.05) is 30.3 Å². The number of carbonyl (C=O) groups excluding carboxylic acids is 2. The zero-order chi connectivity index (χ0) is 21.6. The lowest BCUT2D eigenvalue weighted by Crippen LogP contribution is -2.25. The fourth-order valence-electron chi connectivity index (χ4n) is 3.01. The Morgan fingerprint density at radius 3 is 2.29 bits per heavy atom. The third kappa shape index (κ3) is 4.87.